The van der Waals surface area contributed by atoms with Crippen LogP contribution in [0.4, 0.5) is 0 Å². The van der Waals surface area contributed by atoms with Crippen LogP contribution in [0.25, 0.3) is 0 Å². The van der Waals surface area contributed by atoms with E-state index in [9.17, 15) is 20.1 Å². The molecule has 3 N–H and O–H groups in total. The van der Waals surface area contributed by atoms with E-state index in [1.165, 1.54) is 0 Å². The lowest BCUT2D eigenvalue weighted by atomic mass is 9.43. The van der Waals surface area contributed by atoms with Crippen molar-refractivity contribution in [1.82, 2.24) is 9.88 Å². The number of aryl methyl sites for hydroxylation is 1. The van der Waals surface area contributed by atoms with Crippen LogP contribution >= 0.6 is 0 Å². The molecule has 0 spiro atoms. The summed E-state index contributed by atoms with van der Waals surface area (Å²) in [6.07, 6.45) is 7.48. The van der Waals surface area contributed by atoms with Gasteiger partial charge < -0.3 is 20.2 Å². The molecule has 1 aromatic rings. The maximum absolute atomic E-state index is 13.7. The highest BCUT2D eigenvalue weighted by atomic mass is 16.4. The van der Waals surface area contributed by atoms with Crippen LogP contribution in [0.2, 0.25) is 0 Å². The highest BCUT2D eigenvalue weighted by molar-refractivity contribution is 5.93. The van der Waals surface area contributed by atoms with Crippen molar-refractivity contribution in [2.24, 2.45) is 23.2 Å². The van der Waals surface area contributed by atoms with E-state index in [0.717, 1.165) is 57.1 Å². The molecular weight excluding hydrogens is 416 g/mol. The van der Waals surface area contributed by atoms with Crippen molar-refractivity contribution in [3.05, 3.63) is 29.6 Å². The molecule has 3 aliphatic carbocycles. The molecule has 0 radical (unpaired) electrons. The average molecular weight is 457 g/mol. The summed E-state index contributed by atoms with van der Waals surface area (Å²) in [6.45, 7) is 7.20. The first-order valence-electron chi connectivity index (χ1n) is 12.9. The Hall–Kier alpha value is -1.50. The Balaban J connectivity index is 1.48. The van der Waals surface area contributed by atoms with Crippen molar-refractivity contribution in [2.45, 2.75) is 102 Å². The molecule has 182 valence electrons. The lowest BCUT2D eigenvalue weighted by Gasteiger charge is -2.66. The molecule has 1 aliphatic heterocycles. The summed E-state index contributed by atoms with van der Waals surface area (Å²) in [4.78, 5) is 20.2. The van der Waals surface area contributed by atoms with Crippen LogP contribution in [-0.4, -0.2) is 61.0 Å². The predicted molar refractivity (Wildman–Crippen MR) is 126 cm³/mol. The first-order valence-corrected chi connectivity index (χ1v) is 12.9. The molecule has 0 aromatic carbocycles. The number of carbonyl (C=O) groups is 1. The number of nitrogens with zero attached hydrogens (tertiary/aromatic N) is 2. The van der Waals surface area contributed by atoms with Gasteiger partial charge in [0, 0.05) is 23.7 Å². The number of aliphatic hydroxyl groups is 3. The monoisotopic (exact) mass is 456 g/mol. The third-order valence-corrected chi connectivity index (χ3v) is 10.4. The molecule has 6 nitrogen and oxygen atoms in total. The van der Waals surface area contributed by atoms with Gasteiger partial charge >= 0.3 is 0 Å². The topological polar surface area (TPSA) is 93.9 Å². The molecule has 1 amide bonds. The molecule has 1 aromatic heterocycles. The second-order valence-electron chi connectivity index (χ2n) is 11.9. The molecular formula is C27H40N2O4. The Morgan fingerprint density at radius 1 is 1.06 bits per heavy atom. The molecule has 3 saturated carbocycles. The van der Waals surface area contributed by atoms with Crippen molar-refractivity contribution in [3.8, 4) is 0 Å². The zero-order chi connectivity index (χ0) is 23.6. The zero-order valence-electron chi connectivity index (χ0n) is 20.3. The first kappa shape index (κ1) is 23.3. The summed E-state index contributed by atoms with van der Waals surface area (Å²) in [6, 6.07) is 3.82. The number of hydrogen-bond acceptors (Lipinski definition) is 5. The van der Waals surface area contributed by atoms with Gasteiger partial charge in [0.15, 0.2) is 0 Å². The minimum absolute atomic E-state index is 0.0429. The predicted octanol–water partition coefficient (Wildman–Crippen LogP) is 3.46. The molecule has 4 aliphatic rings. The van der Waals surface area contributed by atoms with Crippen LogP contribution < -0.4 is 0 Å². The summed E-state index contributed by atoms with van der Waals surface area (Å²) >= 11 is 0. The third kappa shape index (κ3) is 3.31. The van der Waals surface area contributed by atoms with Gasteiger partial charge in [-0.15, -0.1) is 0 Å². The molecule has 5 rings (SSSR count). The van der Waals surface area contributed by atoms with Crippen molar-refractivity contribution in [1.29, 1.82) is 0 Å². The number of aliphatic hydroxyl groups excluding tert-OH is 2. The van der Waals surface area contributed by atoms with E-state index in [0.29, 0.717) is 36.3 Å². The van der Waals surface area contributed by atoms with Gasteiger partial charge in [-0.2, -0.15) is 0 Å². The number of amides is 1. The van der Waals surface area contributed by atoms with Crippen LogP contribution in [-0.2, 0) is 0 Å². The smallest absolute Gasteiger partial charge is 0.272 e. The molecule has 4 fully saturated rings. The SMILES string of the molecule is Cc1ccnc(C(=O)N2CCCCC3[C@@H]4CC[C@@]5(O)[C@@H](O)[C@@H](O)CC[C@]5(C)C4CC[C@@]32C)c1. The highest BCUT2D eigenvalue weighted by Gasteiger charge is 2.66. The first-order chi connectivity index (χ1) is 15.6. The van der Waals surface area contributed by atoms with Crippen LogP contribution in [0.15, 0.2) is 18.3 Å². The maximum Gasteiger partial charge on any atom is 0.272 e. The number of carbonyl (C=O) groups excluding carboxylic acids is 1. The van der Waals surface area contributed by atoms with Gasteiger partial charge in [-0.3, -0.25) is 9.78 Å². The molecule has 2 unspecified atom stereocenters. The lowest BCUT2D eigenvalue weighted by molar-refractivity contribution is -0.267. The molecule has 8 atom stereocenters. The second kappa shape index (κ2) is 8.03. The van der Waals surface area contributed by atoms with E-state index in [2.05, 4.69) is 23.7 Å². The summed E-state index contributed by atoms with van der Waals surface area (Å²) in [7, 11) is 0. The van der Waals surface area contributed by atoms with E-state index in [1.807, 2.05) is 19.1 Å². The molecule has 33 heavy (non-hydrogen) atoms. The molecule has 6 heteroatoms. The fourth-order valence-corrected chi connectivity index (χ4v) is 8.46. The number of hydrogen-bond donors (Lipinski definition) is 3. The fraction of sp³-hybridized carbons (Fsp3) is 0.778. The number of likely N-dealkylation sites (tertiary alicyclic amines) is 1. The van der Waals surface area contributed by atoms with Crippen LogP contribution in [0.1, 0.15) is 87.7 Å². The molecule has 2 heterocycles. The van der Waals surface area contributed by atoms with Crippen LogP contribution in [0, 0.1) is 30.1 Å². The number of fused-ring (bicyclic) bond motifs is 5. The normalized spacial score (nSPS) is 45.4. The fourth-order valence-electron chi connectivity index (χ4n) is 8.46. The lowest BCUT2D eigenvalue weighted by Crippen LogP contribution is -2.70. The molecule has 1 saturated heterocycles. The Bertz CT molecular complexity index is 923. The summed E-state index contributed by atoms with van der Waals surface area (Å²) < 4.78 is 0. The largest absolute Gasteiger partial charge is 0.390 e. The quantitative estimate of drug-likeness (QED) is 0.602. The van der Waals surface area contributed by atoms with Crippen LogP contribution in [0.5, 0.6) is 0 Å². The maximum atomic E-state index is 13.7. The van der Waals surface area contributed by atoms with E-state index in [1.54, 1.807) is 6.20 Å². The van der Waals surface area contributed by atoms with E-state index in [-0.39, 0.29) is 11.4 Å². The van der Waals surface area contributed by atoms with Crippen molar-refractivity contribution >= 4 is 5.91 Å². The van der Waals surface area contributed by atoms with E-state index in [4.69, 9.17) is 0 Å². The standard InChI is InChI=1S/C27H40N2O4/c1-17-10-14-28-21(16-17)24(32)29-15-5-4-6-20-18-7-13-27(33)23(31)22(30)9-11-25(27,2)19(18)8-12-26(20,29)3/h10,14,16,18-20,22-23,30-31,33H,4-9,11-13,15H2,1-3H3/t18-,19?,20?,22+,23+,25-,26+,27-/m1/s1. The minimum atomic E-state index is -1.23. The van der Waals surface area contributed by atoms with E-state index >= 15 is 0 Å². The number of pyridine rings is 1. The zero-order valence-corrected chi connectivity index (χ0v) is 20.3. The van der Waals surface area contributed by atoms with Gasteiger partial charge in [-0.25, -0.2) is 0 Å². The van der Waals surface area contributed by atoms with Gasteiger partial charge in [-0.05, 0) is 101 Å². The summed E-state index contributed by atoms with van der Waals surface area (Å²) in [5.74, 6) is 1.12. The third-order valence-electron chi connectivity index (χ3n) is 10.4. The summed E-state index contributed by atoms with van der Waals surface area (Å²) in [5, 5.41) is 32.8. The Labute approximate surface area is 197 Å². The highest BCUT2D eigenvalue weighted by Crippen LogP contribution is 2.64. The van der Waals surface area contributed by atoms with Crippen molar-refractivity contribution < 1.29 is 20.1 Å². The Morgan fingerprint density at radius 3 is 2.61 bits per heavy atom. The van der Waals surface area contributed by atoms with E-state index < -0.39 is 23.2 Å². The minimum Gasteiger partial charge on any atom is -0.390 e. The van der Waals surface area contributed by atoms with Crippen LogP contribution in [0.3, 0.4) is 0 Å². The number of rotatable bonds is 1. The van der Waals surface area contributed by atoms with Gasteiger partial charge in [0.2, 0.25) is 0 Å². The second-order valence-corrected chi connectivity index (χ2v) is 11.9. The Kier molecular flexibility index (Phi) is 5.66. The average Bonchev–Trinajstić information content (AvgIpc) is 2.97. The van der Waals surface area contributed by atoms with Gasteiger partial charge in [0.25, 0.3) is 5.91 Å². The number of aromatic nitrogens is 1. The summed E-state index contributed by atoms with van der Waals surface area (Å²) in [5.41, 5.74) is -0.279. The van der Waals surface area contributed by atoms with Crippen molar-refractivity contribution in [3.63, 3.8) is 0 Å². The molecule has 0 bridgehead atoms. The Morgan fingerprint density at radius 2 is 1.85 bits per heavy atom. The van der Waals surface area contributed by atoms with Gasteiger partial charge in [0.05, 0.1) is 11.7 Å². The van der Waals surface area contributed by atoms with Gasteiger partial charge in [-0.1, -0.05) is 13.3 Å². The van der Waals surface area contributed by atoms with Crippen molar-refractivity contribution in [2.75, 3.05) is 6.54 Å². The van der Waals surface area contributed by atoms with Gasteiger partial charge in [0.1, 0.15) is 11.8 Å².